The van der Waals surface area contributed by atoms with Crippen molar-refractivity contribution >= 4 is 16.8 Å². The summed E-state index contributed by atoms with van der Waals surface area (Å²) >= 11 is 0. The third-order valence-electron chi connectivity index (χ3n) is 6.07. The monoisotopic (exact) mass is 361 g/mol. The van der Waals surface area contributed by atoms with Crippen molar-refractivity contribution in [1.29, 1.82) is 0 Å². The third-order valence-corrected chi connectivity index (χ3v) is 6.07. The van der Waals surface area contributed by atoms with E-state index in [1.165, 1.54) is 22.2 Å². The maximum atomic E-state index is 12.9. The third kappa shape index (κ3) is 2.57. The summed E-state index contributed by atoms with van der Waals surface area (Å²) in [5.41, 5.74) is 4.96. The molecule has 5 heteroatoms. The van der Waals surface area contributed by atoms with Gasteiger partial charge in [0.1, 0.15) is 11.3 Å². The lowest BCUT2D eigenvalue weighted by atomic mass is 9.83. The van der Waals surface area contributed by atoms with Gasteiger partial charge in [0.25, 0.3) is 5.91 Å². The van der Waals surface area contributed by atoms with Crippen molar-refractivity contribution in [3.05, 3.63) is 65.1 Å². The van der Waals surface area contributed by atoms with Gasteiger partial charge in [-0.25, -0.2) is 0 Å². The number of hydrogen-bond donors (Lipinski definition) is 1. The van der Waals surface area contributed by atoms with E-state index >= 15 is 0 Å². The van der Waals surface area contributed by atoms with Crippen LogP contribution in [0.25, 0.3) is 10.9 Å². The highest BCUT2D eigenvalue weighted by Gasteiger charge is 2.43. The Balaban J connectivity index is 1.42. The minimum Gasteiger partial charge on any atom is -0.368 e. The number of benzene rings is 1. The highest BCUT2D eigenvalue weighted by atomic mass is 16.5. The van der Waals surface area contributed by atoms with Crippen molar-refractivity contribution < 1.29 is 9.53 Å². The molecule has 0 aliphatic carbocycles. The van der Waals surface area contributed by atoms with Gasteiger partial charge in [-0.3, -0.25) is 9.78 Å². The van der Waals surface area contributed by atoms with Crippen LogP contribution in [0.1, 0.15) is 40.2 Å². The molecule has 1 fully saturated rings. The molecule has 1 aromatic carbocycles. The zero-order valence-electron chi connectivity index (χ0n) is 15.5. The van der Waals surface area contributed by atoms with Gasteiger partial charge in [-0.1, -0.05) is 24.3 Å². The number of aromatic amines is 1. The molecule has 138 valence electrons. The first-order valence-corrected chi connectivity index (χ1v) is 9.63. The molecule has 1 amide bonds. The van der Waals surface area contributed by atoms with Crippen LogP contribution in [-0.4, -0.2) is 40.5 Å². The number of rotatable bonds is 1. The van der Waals surface area contributed by atoms with Gasteiger partial charge in [0.05, 0.1) is 12.3 Å². The van der Waals surface area contributed by atoms with Crippen LogP contribution in [0, 0.1) is 6.92 Å². The fourth-order valence-electron chi connectivity index (χ4n) is 4.59. The van der Waals surface area contributed by atoms with Gasteiger partial charge >= 0.3 is 0 Å². The van der Waals surface area contributed by atoms with E-state index in [1.807, 2.05) is 24.0 Å². The number of hydrogen-bond acceptors (Lipinski definition) is 3. The Morgan fingerprint density at radius 2 is 2.00 bits per heavy atom. The van der Waals surface area contributed by atoms with E-state index in [0.717, 1.165) is 31.4 Å². The number of ether oxygens (including phenoxy) is 1. The summed E-state index contributed by atoms with van der Waals surface area (Å²) in [5.74, 6) is 0.0237. The first kappa shape index (κ1) is 16.5. The average Bonchev–Trinajstić information content (AvgIpc) is 3.09. The molecule has 1 saturated heterocycles. The van der Waals surface area contributed by atoms with Crippen LogP contribution in [0.2, 0.25) is 0 Å². The van der Waals surface area contributed by atoms with E-state index in [-0.39, 0.29) is 11.5 Å². The molecule has 1 spiro atoms. The summed E-state index contributed by atoms with van der Waals surface area (Å²) in [6, 6.07) is 12.3. The smallest absolute Gasteiger partial charge is 0.272 e. The van der Waals surface area contributed by atoms with Gasteiger partial charge in [0.15, 0.2) is 0 Å². The lowest BCUT2D eigenvalue weighted by molar-refractivity contribution is -0.0957. The first-order valence-electron chi connectivity index (χ1n) is 9.63. The zero-order valence-corrected chi connectivity index (χ0v) is 15.5. The summed E-state index contributed by atoms with van der Waals surface area (Å²) in [4.78, 5) is 22.7. The summed E-state index contributed by atoms with van der Waals surface area (Å²) < 4.78 is 6.34. The van der Waals surface area contributed by atoms with Crippen molar-refractivity contribution in [3.63, 3.8) is 0 Å². The molecule has 0 saturated carbocycles. The number of carbonyl (C=O) groups is 1. The number of likely N-dealkylation sites (tertiary alicyclic amines) is 1. The lowest BCUT2D eigenvalue weighted by Gasteiger charge is -2.43. The zero-order chi connectivity index (χ0) is 18.4. The number of nitrogens with one attached hydrogen (secondary N) is 1. The highest BCUT2D eigenvalue weighted by Crippen LogP contribution is 2.43. The SMILES string of the molecule is Cc1cccnc1C(=O)N1CCC2(CC1)OCCc1c2[nH]c2ccccc12. The van der Waals surface area contributed by atoms with Gasteiger partial charge in [-0.05, 0) is 49.4 Å². The second kappa shape index (κ2) is 6.20. The number of aryl methyl sites for hydroxylation is 1. The molecule has 27 heavy (non-hydrogen) atoms. The predicted octanol–water partition coefficient (Wildman–Crippen LogP) is 3.58. The van der Waals surface area contributed by atoms with Gasteiger partial charge < -0.3 is 14.6 Å². The van der Waals surface area contributed by atoms with Crippen molar-refractivity contribution in [2.24, 2.45) is 0 Å². The molecule has 0 atom stereocenters. The molecule has 4 heterocycles. The molecular weight excluding hydrogens is 338 g/mol. The molecule has 1 N–H and O–H groups in total. The van der Waals surface area contributed by atoms with Gasteiger partial charge in [-0.15, -0.1) is 0 Å². The van der Waals surface area contributed by atoms with Crippen LogP contribution in [0.5, 0.6) is 0 Å². The Bertz CT molecular complexity index is 1020. The van der Waals surface area contributed by atoms with Crippen molar-refractivity contribution in [2.75, 3.05) is 19.7 Å². The maximum absolute atomic E-state index is 12.9. The van der Waals surface area contributed by atoms with E-state index < -0.39 is 0 Å². The largest absolute Gasteiger partial charge is 0.368 e. The van der Waals surface area contributed by atoms with Crippen LogP contribution in [0.15, 0.2) is 42.6 Å². The maximum Gasteiger partial charge on any atom is 0.272 e. The summed E-state index contributed by atoms with van der Waals surface area (Å²) in [6.45, 7) is 4.04. The van der Waals surface area contributed by atoms with Gasteiger partial charge in [0, 0.05) is 30.2 Å². The van der Waals surface area contributed by atoms with Crippen molar-refractivity contribution in [2.45, 2.75) is 31.8 Å². The molecule has 3 aromatic rings. The van der Waals surface area contributed by atoms with Crippen LogP contribution < -0.4 is 0 Å². The normalized spacial score (nSPS) is 18.6. The quantitative estimate of drug-likeness (QED) is 0.721. The van der Waals surface area contributed by atoms with E-state index in [0.29, 0.717) is 18.8 Å². The molecule has 0 unspecified atom stereocenters. The van der Waals surface area contributed by atoms with E-state index in [4.69, 9.17) is 4.74 Å². The number of aromatic nitrogens is 2. The molecule has 5 rings (SSSR count). The second-order valence-corrected chi connectivity index (χ2v) is 7.58. The van der Waals surface area contributed by atoms with Crippen molar-refractivity contribution in [3.8, 4) is 0 Å². The number of H-pyrrole nitrogens is 1. The molecular formula is C22H23N3O2. The Morgan fingerprint density at radius 1 is 1.19 bits per heavy atom. The van der Waals surface area contributed by atoms with Crippen LogP contribution >= 0.6 is 0 Å². The van der Waals surface area contributed by atoms with Crippen LogP contribution in [-0.2, 0) is 16.8 Å². The number of carbonyl (C=O) groups excluding carboxylic acids is 1. The Kier molecular flexibility index (Phi) is 3.79. The number of piperidine rings is 1. The predicted molar refractivity (Wildman–Crippen MR) is 104 cm³/mol. The average molecular weight is 361 g/mol. The Morgan fingerprint density at radius 3 is 2.81 bits per heavy atom. The number of fused-ring (bicyclic) bond motifs is 4. The summed E-state index contributed by atoms with van der Waals surface area (Å²) in [5, 5.41) is 1.30. The standard InChI is InChI=1S/C22H23N3O2/c1-15-5-4-11-23-19(15)21(26)25-12-9-22(10-13-25)20-17(8-14-27-22)16-6-2-3-7-18(16)24-20/h2-7,11,24H,8-10,12-14H2,1H3. The number of pyridine rings is 1. The number of amides is 1. The molecule has 0 bridgehead atoms. The summed E-state index contributed by atoms with van der Waals surface area (Å²) in [6.07, 6.45) is 4.25. The molecule has 0 radical (unpaired) electrons. The van der Waals surface area contributed by atoms with Crippen LogP contribution in [0.4, 0.5) is 0 Å². The number of para-hydroxylation sites is 1. The molecule has 2 aliphatic heterocycles. The molecule has 2 aromatic heterocycles. The minimum atomic E-state index is -0.303. The first-order chi connectivity index (χ1) is 13.2. The minimum absolute atomic E-state index is 0.0237. The molecule has 2 aliphatic rings. The van der Waals surface area contributed by atoms with Gasteiger partial charge in [-0.2, -0.15) is 0 Å². The fraction of sp³-hybridized carbons (Fsp3) is 0.364. The summed E-state index contributed by atoms with van der Waals surface area (Å²) in [7, 11) is 0. The second-order valence-electron chi connectivity index (χ2n) is 7.58. The van der Waals surface area contributed by atoms with E-state index in [1.54, 1.807) is 6.20 Å². The fourth-order valence-corrected chi connectivity index (χ4v) is 4.59. The van der Waals surface area contributed by atoms with Crippen LogP contribution in [0.3, 0.4) is 0 Å². The van der Waals surface area contributed by atoms with Gasteiger partial charge in [0.2, 0.25) is 0 Å². The number of nitrogens with zero attached hydrogens (tertiary/aromatic N) is 2. The Labute approximate surface area is 158 Å². The van der Waals surface area contributed by atoms with Crippen molar-refractivity contribution in [1.82, 2.24) is 14.9 Å². The topological polar surface area (TPSA) is 58.2 Å². The Hall–Kier alpha value is -2.66. The van der Waals surface area contributed by atoms with E-state index in [2.05, 4.69) is 34.2 Å². The lowest BCUT2D eigenvalue weighted by Crippen LogP contribution is -2.48. The molecule has 5 nitrogen and oxygen atoms in total. The highest BCUT2D eigenvalue weighted by molar-refractivity contribution is 5.93. The van der Waals surface area contributed by atoms with E-state index in [9.17, 15) is 4.79 Å².